The fourth-order valence-corrected chi connectivity index (χ4v) is 3.16. The molecule has 0 aliphatic carbocycles. The lowest BCUT2D eigenvalue weighted by Gasteiger charge is -2.27. The number of non-ortho nitro benzene ring substituents is 1. The molecule has 6 nitrogen and oxygen atoms in total. The quantitative estimate of drug-likeness (QED) is 0.454. The predicted molar refractivity (Wildman–Crippen MR) is 99.4 cm³/mol. The molecular weight excluding hydrogens is 356 g/mol. The molecule has 26 heavy (non-hydrogen) atoms. The van der Waals surface area contributed by atoms with Crippen LogP contribution in [0.15, 0.2) is 52.9 Å². The SMILES string of the molecule is CCN(C(=O)c1ccc([N+](=O)[O-])cc1Cl)C(C)c1cc2ccccc2o1. The van der Waals surface area contributed by atoms with Crippen LogP contribution in [0.1, 0.15) is 36.0 Å². The minimum Gasteiger partial charge on any atom is -0.459 e. The van der Waals surface area contributed by atoms with E-state index in [1.807, 2.05) is 44.2 Å². The van der Waals surface area contributed by atoms with E-state index < -0.39 is 4.92 Å². The summed E-state index contributed by atoms with van der Waals surface area (Å²) < 4.78 is 5.86. The minimum atomic E-state index is -0.547. The molecule has 0 N–H and O–H groups in total. The van der Waals surface area contributed by atoms with Crippen molar-refractivity contribution in [3.63, 3.8) is 0 Å². The van der Waals surface area contributed by atoms with Crippen LogP contribution in [0.25, 0.3) is 11.0 Å². The molecule has 1 heterocycles. The number of halogens is 1. The van der Waals surface area contributed by atoms with Crippen LogP contribution in [0.3, 0.4) is 0 Å². The molecule has 0 saturated heterocycles. The topological polar surface area (TPSA) is 76.6 Å². The van der Waals surface area contributed by atoms with E-state index in [0.717, 1.165) is 11.0 Å². The van der Waals surface area contributed by atoms with Crippen LogP contribution in [0.4, 0.5) is 5.69 Å². The summed E-state index contributed by atoms with van der Waals surface area (Å²) in [6, 6.07) is 13.1. The van der Waals surface area contributed by atoms with Gasteiger partial charge in [-0.3, -0.25) is 14.9 Å². The van der Waals surface area contributed by atoms with E-state index in [1.165, 1.54) is 18.2 Å². The van der Waals surface area contributed by atoms with Crippen molar-refractivity contribution in [3.8, 4) is 0 Å². The number of nitro groups is 1. The van der Waals surface area contributed by atoms with Gasteiger partial charge in [0.1, 0.15) is 11.3 Å². The number of carbonyl (C=O) groups excluding carboxylic acids is 1. The van der Waals surface area contributed by atoms with Crippen LogP contribution < -0.4 is 0 Å². The summed E-state index contributed by atoms with van der Waals surface area (Å²) in [6.07, 6.45) is 0. The van der Waals surface area contributed by atoms with Crippen molar-refractivity contribution in [2.24, 2.45) is 0 Å². The van der Waals surface area contributed by atoms with E-state index >= 15 is 0 Å². The van der Waals surface area contributed by atoms with Gasteiger partial charge in [-0.2, -0.15) is 0 Å². The van der Waals surface area contributed by atoms with Gasteiger partial charge in [0.05, 0.1) is 21.6 Å². The smallest absolute Gasteiger partial charge is 0.270 e. The summed E-state index contributed by atoms with van der Waals surface area (Å²) >= 11 is 6.11. The first kappa shape index (κ1) is 17.9. The zero-order chi connectivity index (χ0) is 18.8. The Hall–Kier alpha value is -2.86. The fraction of sp³-hybridized carbons (Fsp3) is 0.211. The maximum Gasteiger partial charge on any atom is 0.270 e. The van der Waals surface area contributed by atoms with Gasteiger partial charge in [-0.05, 0) is 32.0 Å². The molecule has 0 radical (unpaired) electrons. The number of benzene rings is 2. The molecule has 3 rings (SSSR count). The number of amides is 1. The van der Waals surface area contributed by atoms with E-state index in [-0.39, 0.29) is 28.2 Å². The highest BCUT2D eigenvalue weighted by molar-refractivity contribution is 6.34. The number of hydrogen-bond acceptors (Lipinski definition) is 4. The van der Waals surface area contributed by atoms with Gasteiger partial charge in [0.2, 0.25) is 0 Å². The Bertz CT molecular complexity index is 950. The number of furan rings is 1. The lowest BCUT2D eigenvalue weighted by molar-refractivity contribution is -0.384. The molecule has 0 bridgehead atoms. The molecule has 134 valence electrons. The molecule has 1 aromatic heterocycles. The highest BCUT2D eigenvalue weighted by Crippen LogP contribution is 2.30. The Morgan fingerprint density at radius 3 is 2.62 bits per heavy atom. The van der Waals surface area contributed by atoms with Gasteiger partial charge in [0.15, 0.2) is 0 Å². The second kappa shape index (κ2) is 7.17. The van der Waals surface area contributed by atoms with Crippen molar-refractivity contribution >= 4 is 34.2 Å². The Morgan fingerprint density at radius 1 is 1.27 bits per heavy atom. The third-order valence-electron chi connectivity index (χ3n) is 4.32. The molecule has 0 fully saturated rings. The Kier molecular flexibility index (Phi) is 4.95. The molecule has 0 spiro atoms. The molecule has 7 heteroatoms. The molecule has 0 aliphatic rings. The van der Waals surface area contributed by atoms with Crippen LogP contribution >= 0.6 is 11.6 Å². The second-order valence-electron chi connectivity index (χ2n) is 5.87. The average molecular weight is 373 g/mol. The standard InChI is InChI=1S/C19H17ClN2O4/c1-3-21(12(2)18-10-13-6-4-5-7-17(13)26-18)19(23)15-9-8-14(22(24)25)11-16(15)20/h4-12H,3H2,1-2H3. The van der Waals surface area contributed by atoms with Crippen LogP contribution in [0.5, 0.6) is 0 Å². The Morgan fingerprint density at radius 2 is 2.00 bits per heavy atom. The van der Waals surface area contributed by atoms with Gasteiger partial charge >= 0.3 is 0 Å². The molecule has 2 aromatic carbocycles. The van der Waals surface area contributed by atoms with E-state index in [1.54, 1.807) is 4.90 Å². The van der Waals surface area contributed by atoms with Crippen molar-refractivity contribution in [2.75, 3.05) is 6.54 Å². The molecule has 0 aliphatic heterocycles. The van der Waals surface area contributed by atoms with Crippen molar-refractivity contribution < 1.29 is 14.1 Å². The largest absolute Gasteiger partial charge is 0.459 e. The molecule has 1 amide bonds. The second-order valence-corrected chi connectivity index (χ2v) is 6.28. The normalized spacial score (nSPS) is 12.1. The summed E-state index contributed by atoms with van der Waals surface area (Å²) in [4.78, 5) is 24.8. The summed E-state index contributed by atoms with van der Waals surface area (Å²) in [5, 5.41) is 11.9. The van der Waals surface area contributed by atoms with Crippen molar-refractivity contribution in [1.29, 1.82) is 0 Å². The lowest BCUT2D eigenvalue weighted by Crippen LogP contribution is -2.33. The molecule has 3 aromatic rings. The summed E-state index contributed by atoms with van der Waals surface area (Å²) in [5.41, 5.74) is 0.827. The Balaban J connectivity index is 1.92. The average Bonchev–Trinajstić information content (AvgIpc) is 3.06. The van der Waals surface area contributed by atoms with E-state index in [0.29, 0.717) is 12.3 Å². The van der Waals surface area contributed by atoms with Crippen LogP contribution in [-0.2, 0) is 0 Å². The number of nitrogens with zero attached hydrogens (tertiary/aromatic N) is 2. The van der Waals surface area contributed by atoms with Crippen molar-refractivity contribution in [2.45, 2.75) is 19.9 Å². The van der Waals surface area contributed by atoms with E-state index in [4.69, 9.17) is 16.0 Å². The highest BCUT2D eigenvalue weighted by Gasteiger charge is 2.26. The van der Waals surface area contributed by atoms with Gasteiger partial charge in [0.25, 0.3) is 11.6 Å². The zero-order valence-corrected chi connectivity index (χ0v) is 15.1. The first-order valence-electron chi connectivity index (χ1n) is 8.15. The molecule has 1 atom stereocenters. The maximum absolute atomic E-state index is 12.9. The number of nitro benzene ring substituents is 1. The fourth-order valence-electron chi connectivity index (χ4n) is 2.90. The van der Waals surface area contributed by atoms with Crippen molar-refractivity contribution in [3.05, 3.63) is 75.0 Å². The van der Waals surface area contributed by atoms with Crippen LogP contribution in [0, 0.1) is 10.1 Å². The summed E-state index contributed by atoms with van der Waals surface area (Å²) in [5.74, 6) is 0.361. The van der Waals surface area contributed by atoms with Crippen LogP contribution in [0.2, 0.25) is 5.02 Å². The van der Waals surface area contributed by atoms with Gasteiger partial charge in [0, 0.05) is 24.1 Å². The monoisotopic (exact) mass is 372 g/mol. The van der Waals surface area contributed by atoms with Gasteiger partial charge in [-0.15, -0.1) is 0 Å². The number of rotatable bonds is 5. The number of para-hydroxylation sites is 1. The third-order valence-corrected chi connectivity index (χ3v) is 4.63. The van der Waals surface area contributed by atoms with Gasteiger partial charge < -0.3 is 9.32 Å². The summed E-state index contributed by atoms with van der Waals surface area (Å²) in [6.45, 7) is 4.17. The number of fused-ring (bicyclic) bond motifs is 1. The third kappa shape index (κ3) is 3.28. The minimum absolute atomic E-state index is 0.0551. The highest BCUT2D eigenvalue weighted by atomic mass is 35.5. The maximum atomic E-state index is 12.9. The predicted octanol–water partition coefficient (Wildman–Crippen LogP) is 5.22. The first-order valence-corrected chi connectivity index (χ1v) is 8.53. The Labute approximate surface area is 155 Å². The molecule has 0 saturated carbocycles. The van der Waals surface area contributed by atoms with Gasteiger partial charge in [-0.25, -0.2) is 0 Å². The molecule has 1 unspecified atom stereocenters. The zero-order valence-electron chi connectivity index (χ0n) is 14.3. The first-order chi connectivity index (χ1) is 12.4. The number of hydrogen-bond donors (Lipinski definition) is 0. The number of carbonyl (C=O) groups is 1. The summed E-state index contributed by atoms with van der Waals surface area (Å²) in [7, 11) is 0. The molecular formula is C19H17ClN2O4. The lowest BCUT2D eigenvalue weighted by atomic mass is 10.1. The van der Waals surface area contributed by atoms with E-state index in [2.05, 4.69) is 0 Å². The van der Waals surface area contributed by atoms with E-state index in [9.17, 15) is 14.9 Å². The van der Waals surface area contributed by atoms with Crippen LogP contribution in [-0.4, -0.2) is 22.3 Å². The van der Waals surface area contributed by atoms with Gasteiger partial charge in [-0.1, -0.05) is 29.8 Å². The van der Waals surface area contributed by atoms with Crippen molar-refractivity contribution in [1.82, 2.24) is 4.90 Å².